The molecule has 0 spiro atoms. The lowest BCUT2D eigenvalue weighted by atomic mass is 9.78. The number of phenolic OH excluding ortho intramolecular Hbond substituents is 1. The second-order valence-electron chi connectivity index (χ2n) is 11.6. The summed E-state index contributed by atoms with van der Waals surface area (Å²) in [6.45, 7) is 13.1. The third-order valence-corrected chi connectivity index (χ3v) is 6.39. The molecule has 0 saturated heterocycles. The van der Waals surface area contributed by atoms with Gasteiger partial charge in [-0.25, -0.2) is 9.97 Å². The number of hydrogen-bond acceptors (Lipinski definition) is 6. The number of nitrogens with zero attached hydrogens (tertiary/aromatic N) is 4. The van der Waals surface area contributed by atoms with E-state index in [9.17, 15) is 9.90 Å². The van der Waals surface area contributed by atoms with Crippen molar-refractivity contribution in [2.75, 3.05) is 6.61 Å². The molecule has 0 aliphatic rings. The van der Waals surface area contributed by atoms with Crippen LogP contribution in [-0.2, 0) is 22.2 Å². The molecule has 8 nitrogen and oxygen atoms in total. The molecule has 2 N–H and O–H groups in total. The van der Waals surface area contributed by atoms with Crippen LogP contribution in [0.4, 0.5) is 0 Å². The number of ether oxygens (including phenoxy) is 1. The number of carboxylic acids is 1. The molecule has 0 radical (unpaired) electrons. The van der Waals surface area contributed by atoms with Gasteiger partial charge in [0, 0.05) is 23.1 Å². The quantitative estimate of drug-likeness (QED) is 0.273. The lowest BCUT2D eigenvalue weighted by molar-refractivity contribution is -0.137. The average molecular weight is 517 g/mol. The molecule has 2 aromatic carbocycles. The molecule has 0 amide bonds. The Hall–Kier alpha value is -3.94. The fourth-order valence-corrected chi connectivity index (χ4v) is 4.34. The van der Waals surface area contributed by atoms with Crippen molar-refractivity contribution in [1.82, 2.24) is 19.5 Å². The number of phenols is 1. The Labute approximate surface area is 223 Å². The van der Waals surface area contributed by atoms with Gasteiger partial charge in [-0.3, -0.25) is 4.79 Å². The summed E-state index contributed by atoms with van der Waals surface area (Å²) in [7, 11) is 0. The maximum absolute atomic E-state index is 11.2. The van der Waals surface area contributed by atoms with Gasteiger partial charge in [0.05, 0.1) is 19.5 Å². The minimum absolute atomic E-state index is 0.00534. The summed E-state index contributed by atoms with van der Waals surface area (Å²) >= 11 is 0. The highest BCUT2D eigenvalue weighted by Gasteiger charge is 2.28. The average Bonchev–Trinajstić information content (AvgIpc) is 3.23. The van der Waals surface area contributed by atoms with Crippen molar-refractivity contribution >= 4 is 17.1 Å². The minimum Gasteiger partial charge on any atom is -0.507 e. The van der Waals surface area contributed by atoms with E-state index < -0.39 is 5.97 Å². The van der Waals surface area contributed by atoms with E-state index >= 15 is 0 Å². The van der Waals surface area contributed by atoms with Gasteiger partial charge in [-0.05, 0) is 34.9 Å². The molecule has 0 atom stereocenters. The first-order valence-corrected chi connectivity index (χ1v) is 12.8. The van der Waals surface area contributed by atoms with Crippen LogP contribution in [0, 0.1) is 0 Å². The number of imidazole rings is 1. The molecule has 0 unspecified atom stereocenters. The van der Waals surface area contributed by atoms with E-state index in [0.717, 1.165) is 22.3 Å². The van der Waals surface area contributed by atoms with Crippen molar-refractivity contribution in [3.63, 3.8) is 0 Å². The number of fused-ring (bicyclic) bond motifs is 1. The van der Waals surface area contributed by atoms with E-state index in [4.69, 9.17) is 19.8 Å². The summed E-state index contributed by atoms with van der Waals surface area (Å²) in [5.41, 5.74) is 4.01. The fourth-order valence-electron chi connectivity index (χ4n) is 4.34. The predicted octanol–water partition coefficient (Wildman–Crippen LogP) is 6.09. The Morgan fingerprint density at radius 2 is 1.61 bits per heavy atom. The summed E-state index contributed by atoms with van der Waals surface area (Å²) in [5.74, 6) is 0.179. The van der Waals surface area contributed by atoms with Crippen LogP contribution in [-0.4, -0.2) is 42.3 Å². The summed E-state index contributed by atoms with van der Waals surface area (Å²) in [6, 6.07) is 13.9. The van der Waals surface area contributed by atoms with Crippen LogP contribution in [0.15, 0.2) is 48.8 Å². The van der Waals surface area contributed by atoms with Gasteiger partial charge in [0.15, 0.2) is 17.0 Å². The van der Waals surface area contributed by atoms with Crippen molar-refractivity contribution in [2.24, 2.45) is 0 Å². The molecule has 0 aliphatic heterocycles. The Bertz CT molecular complexity index is 1410. The molecular weight excluding hydrogens is 480 g/mol. The first-order chi connectivity index (χ1) is 17.8. The number of aromatic nitrogens is 4. The molecule has 0 fully saturated rings. The van der Waals surface area contributed by atoms with E-state index in [2.05, 4.69) is 46.5 Å². The number of aliphatic carboxylic acids is 1. The van der Waals surface area contributed by atoms with E-state index in [-0.39, 0.29) is 29.6 Å². The van der Waals surface area contributed by atoms with Gasteiger partial charge in [-0.2, -0.15) is 4.98 Å². The normalized spacial score (nSPS) is 12.2. The van der Waals surface area contributed by atoms with Gasteiger partial charge in [0.1, 0.15) is 5.75 Å². The van der Waals surface area contributed by atoms with Crippen molar-refractivity contribution in [3.05, 3.63) is 65.5 Å². The van der Waals surface area contributed by atoms with Crippen LogP contribution in [0.1, 0.15) is 71.1 Å². The highest BCUT2D eigenvalue weighted by atomic mass is 16.5. The molecular formula is C30H36N4O4. The number of carboxylic acid groups (broad SMARTS) is 1. The van der Waals surface area contributed by atoms with Gasteiger partial charge in [-0.1, -0.05) is 71.9 Å². The predicted molar refractivity (Wildman–Crippen MR) is 148 cm³/mol. The summed E-state index contributed by atoms with van der Waals surface area (Å²) in [5, 5.41) is 20.2. The van der Waals surface area contributed by atoms with E-state index in [1.54, 1.807) is 6.33 Å². The lowest BCUT2D eigenvalue weighted by Gasteiger charge is -2.28. The maximum atomic E-state index is 11.2. The van der Waals surface area contributed by atoms with Crippen molar-refractivity contribution in [2.45, 2.75) is 71.8 Å². The van der Waals surface area contributed by atoms with Crippen molar-refractivity contribution in [3.8, 4) is 23.0 Å². The molecule has 4 aromatic rings. The number of carbonyl (C=O) groups is 1. The van der Waals surface area contributed by atoms with Crippen LogP contribution >= 0.6 is 0 Å². The summed E-state index contributed by atoms with van der Waals surface area (Å²) < 4.78 is 7.93. The molecule has 38 heavy (non-hydrogen) atoms. The van der Waals surface area contributed by atoms with Crippen molar-refractivity contribution < 1.29 is 19.7 Å². The highest BCUT2D eigenvalue weighted by molar-refractivity contribution is 5.79. The monoisotopic (exact) mass is 516 g/mol. The Balaban J connectivity index is 1.88. The van der Waals surface area contributed by atoms with E-state index in [1.165, 1.54) is 0 Å². The first-order valence-electron chi connectivity index (χ1n) is 12.8. The Morgan fingerprint density at radius 1 is 0.974 bits per heavy atom. The molecule has 2 aromatic heterocycles. The molecule has 8 heteroatoms. The highest BCUT2D eigenvalue weighted by Crippen LogP contribution is 2.42. The van der Waals surface area contributed by atoms with Crippen LogP contribution < -0.4 is 4.74 Å². The third kappa shape index (κ3) is 5.96. The third-order valence-electron chi connectivity index (χ3n) is 6.39. The van der Waals surface area contributed by atoms with Gasteiger partial charge >= 0.3 is 5.97 Å². The molecule has 200 valence electrons. The van der Waals surface area contributed by atoms with Gasteiger partial charge in [0.25, 0.3) is 0 Å². The smallest absolute Gasteiger partial charge is 0.303 e. The zero-order chi connectivity index (χ0) is 27.7. The molecule has 0 saturated carbocycles. The standard InChI is InChI=1S/C30H36N4O4/c1-29(2,3)21-15-20(16-22(25(21)37)30(4,5)6)26-32-27-24(28(33-26)38-14-10-13-23(35)36)31-18-34(27)17-19-11-8-7-9-12-19/h7-9,11-12,15-16,18,37H,10,13-14,17H2,1-6H3,(H,35,36). The number of benzene rings is 2. The maximum Gasteiger partial charge on any atom is 0.303 e. The minimum atomic E-state index is -0.872. The SMILES string of the molecule is CC(C)(C)c1cc(-c2nc(OCCCC(=O)O)c3ncn(Cc4ccccc4)c3n2)cc(C(C)(C)C)c1O. The van der Waals surface area contributed by atoms with Crippen LogP contribution in [0.2, 0.25) is 0 Å². The zero-order valence-electron chi connectivity index (χ0n) is 22.9. The molecule has 4 rings (SSSR count). The van der Waals surface area contributed by atoms with Crippen LogP contribution in [0.5, 0.6) is 11.6 Å². The summed E-state index contributed by atoms with van der Waals surface area (Å²) in [4.78, 5) is 25.2. The molecule has 2 heterocycles. The topological polar surface area (TPSA) is 110 Å². The largest absolute Gasteiger partial charge is 0.507 e. The number of hydrogen-bond donors (Lipinski definition) is 2. The lowest BCUT2D eigenvalue weighted by Crippen LogP contribution is -2.17. The summed E-state index contributed by atoms with van der Waals surface area (Å²) in [6.07, 6.45) is 2.08. The Morgan fingerprint density at radius 3 is 2.18 bits per heavy atom. The Kier molecular flexibility index (Phi) is 7.44. The van der Waals surface area contributed by atoms with E-state index in [1.807, 2.05) is 47.0 Å². The van der Waals surface area contributed by atoms with Gasteiger partial charge in [0.2, 0.25) is 5.88 Å². The zero-order valence-corrected chi connectivity index (χ0v) is 22.9. The first kappa shape index (κ1) is 27.1. The van der Waals surface area contributed by atoms with E-state index in [0.29, 0.717) is 35.8 Å². The second kappa shape index (κ2) is 10.4. The number of rotatable bonds is 8. The number of aromatic hydroxyl groups is 1. The van der Waals surface area contributed by atoms with Crippen LogP contribution in [0.25, 0.3) is 22.6 Å². The molecule has 0 bridgehead atoms. The van der Waals surface area contributed by atoms with Crippen LogP contribution in [0.3, 0.4) is 0 Å². The van der Waals surface area contributed by atoms with Gasteiger partial charge in [-0.15, -0.1) is 0 Å². The second-order valence-corrected chi connectivity index (χ2v) is 11.6. The van der Waals surface area contributed by atoms with Crippen molar-refractivity contribution in [1.29, 1.82) is 0 Å². The molecule has 0 aliphatic carbocycles. The fraction of sp³-hybridized carbons (Fsp3) is 0.400. The van der Waals surface area contributed by atoms with Gasteiger partial charge < -0.3 is 19.5 Å².